The van der Waals surface area contributed by atoms with Crippen LogP contribution >= 0.6 is 0 Å². The van der Waals surface area contributed by atoms with E-state index in [-0.39, 0.29) is 25.0 Å². The third-order valence-corrected chi connectivity index (χ3v) is 6.04. The van der Waals surface area contributed by atoms with Crippen molar-refractivity contribution in [1.29, 1.82) is 0 Å². The van der Waals surface area contributed by atoms with E-state index in [0.29, 0.717) is 0 Å². The quantitative estimate of drug-likeness (QED) is 0.602. The molecule has 0 aromatic heterocycles. The number of nitrogens with one attached hydrogen (secondary N) is 1. The lowest BCUT2D eigenvalue weighted by Gasteiger charge is -2.23. The van der Waals surface area contributed by atoms with Gasteiger partial charge in [-0.2, -0.15) is 4.31 Å². The van der Waals surface area contributed by atoms with Gasteiger partial charge in [0.05, 0.1) is 18.8 Å². The number of aryl methyl sites for hydroxylation is 1. The molecule has 3 aromatic rings. The number of hydrogen-bond acceptors (Lipinski definition) is 3. The van der Waals surface area contributed by atoms with E-state index < -0.39 is 10.0 Å². The van der Waals surface area contributed by atoms with Crippen LogP contribution in [0.2, 0.25) is 0 Å². The number of hydrogen-bond donors (Lipinski definition) is 1. The van der Waals surface area contributed by atoms with Crippen LogP contribution in [0, 0.1) is 6.92 Å². The van der Waals surface area contributed by atoms with Crippen molar-refractivity contribution >= 4 is 15.9 Å². The minimum atomic E-state index is -3.56. The Hall–Kier alpha value is -2.96. The maximum Gasteiger partial charge on any atom is 0.236 e. The van der Waals surface area contributed by atoms with Gasteiger partial charge >= 0.3 is 0 Å². The van der Waals surface area contributed by atoms with Gasteiger partial charge in [-0.25, -0.2) is 8.42 Å². The lowest BCUT2D eigenvalue weighted by Crippen LogP contribution is -2.41. The summed E-state index contributed by atoms with van der Waals surface area (Å²) in [7, 11) is -3.56. The Morgan fingerprint density at radius 2 is 1.37 bits per heavy atom. The third kappa shape index (κ3) is 6.02. The van der Waals surface area contributed by atoms with Crippen molar-refractivity contribution < 1.29 is 13.2 Å². The number of amides is 1. The maximum absolute atomic E-state index is 12.9. The van der Waals surface area contributed by atoms with Crippen molar-refractivity contribution in [1.82, 2.24) is 9.62 Å². The molecule has 0 aliphatic heterocycles. The number of nitrogens with zero attached hydrogens (tertiary/aromatic N) is 1. The topological polar surface area (TPSA) is 66.5 Å². The standard InChI is InChI=1S/C24H26N2O3S/c1-19-13-15-20(16-14-19)17-26(30(2,28)29)18-23(27)25-24(21-9-5-3-6-10-21)22-11-7-4-8-12-22/h3-16,24H,17-18H2,1-2H3,(H,25,27). The molecule has 0 saturated carbocycles. The molecule has 0 aliphatic carbocycles. The molecule has 0 atom stereocenters. The summed E-state index contributed by atoms with van der Waals surface area (Å²) in [6.07, 6.45) is 1.13. The molecule has 3 rings (SSSR count). The Bertz CT molecular complexity index is 1030. The fourth-order valence-corrected chi connectivity index (χ4v) is 3.94. The van der Waals surface area contributed by atoms with Crippen molar-refractivity contribution in [3.63, 3.8) is 0 Å². The zero-order chi connectivity index (χ0) is 21.6. The largest absolute Gasteiger partial charge is 0.344 e. The summed E-state index contributed by atoms with van der Waals surface area (Å²) in [6, 6.07) is 26.5. The van der Waals surface area contributed by atoms with Gasteiger partial charge in [0.1, 0.15) is 0 Å². The Balaban J connectivity index is 1.79. The van der Waals surface area contributed by atoms with Crippen molar-refractivity contribution in [3.05, 3.63) is 107 Å². The summed E-state index contributed by atoms with van der Waals surface area (Å²) in [6.45, 7) is 1.87. The minimum absolute atomic E-state index is 0.147. The highest BCUT2D eigenvalue weighted by atomic mass is 32.2. The van der Waals surface area contributed by atoms with Gasteiger partial charge in [0.2, 0.25) is 15.9 Å². The number of carbonyl (C=O) groups excluding carboxylic acids is 1. The van der Waals surface area contributed by atoms with Gasteiger partial charge < -0.3 is 5.32 Å². The second-order valence-corrected chi connectivity index (χ2v) is 9.32. The van der Waals surface area contributed by atoms with E-state index in [9.17, 15) is 13.2 Å². The van der Waals surface area contributed by atoms with Gasteiger partial charge in [-0.15, -0.1) is 0 Å². The van der Waals surface area contributed by atoms with E-state index in [1.54, 1.807) is 0 Å². The number of benzene rings is 3. The first-order valence-electron chi connectivity index (χ1n) is 9.73. The molecule has 156 valence electrons. The molecular formula is C24H26N2O3S. The normalized spacial score (nSPS) is 11.6. The van der Waals surface area contributed by atoms with Gasteiger partial charge in [-0.05, 0) is 23.6 Å². The van der Waals surface area contributed by atoms with Crippen LogP contribution in [0.25, 0.3) is 0 Å². The summed E-state index contributed by atoms with van der Waals surface area (Å²) in [5.41, 5.74) is 3.79. The molecule has 3 aromatic carbocycles. The first-order chi connectivity index (χ1) is 14.3. The van der Waals surface area contributed by atoms with Gasteiger partial charge in [-0.3, -0.25) is 4.79 Å². The lowest BCUT2D eigenvalue weighted by molar-refractivity contribution is -0.121. The third-order valence-electron chi connectivity index (χ3n) is 4.84. The second-order valence-electron chi connectivity index (χ2n) is 7.34. The minimum Gasteiger partial charge on any atom is -0.344 e. The van der Waals surface area contributed by atoms with Crippen LogP contribution in [0.3, 0.4) is 0 Å². The summed E-state index contributed by atoms with van der Waals surface area (Å²) >= 11 is 0. The SMILES string of the molecule is Cc1ccc(CN(CC(=O)NC(c2ccccc2)c2ccccc2)S(C)(=O)=O)cc1. The predicted molar refractivity (Wildman–Crippen MR) is 119 cm³/mol. The van der Waals surface area contributed by atoms with E-state index in [1.165, 1.54) is 4.31 Å². The molecule has 6 heteroatoms. The van der Waals surface area contributed by atoms with E-state index in [4.69, 9.17) is 0 Å². The van der Waals surface area contributed by atoms with Crippen LogP contribution in [0.15, 0.2) is 84.9 Å². The molecule has 0 saturated heterocycles. The number of carbonyl (C=O) groups is 1. The predicted octanol–water partition coefficient (Wildman–Crippen LogP) is 3.66. The maximum atomic E-state index is 12.9. The number of sulfonamides is 1. The van der Waals surface area contributed by atoms with E-state index >= 15 is 0 Å². The van der Waals surface area contributed by atoms with Crippen LogP contribution in [0.4, 0.5) is 0 Å². The Morgan fingerprint density at radius 3 is 1.83 bits per heavy atom. The Morgan fingerprint density at radius 1 is 0.867 bits per heavy atom. The molecule has 30 heavy (non-hydrogen) atoms. The van der Waals surface area contributed by atoms with Crippen LogP contribution < -0.4 is 5.32 Å². The van der Waals surface area contributed by atoms with Crippen molar-refractivity contribution in [3.8, 4) is 0 Å². The highest BCUT2D eigenvalue weighted by molar-refractivity contribution is 7.88. The fourth-order valence-electron chi connectivity index (χ4n) is 3.20. The van der Waals surface area contributed by atoms with Gasteiger partial charge in [0, 0.05) is 6.54 Å². The van der Waals surface area contributed by atoms with E-state index in [0.717, 1.165) is 28.5 Å². The van der Waals surface area contributed by atoms with Gasteiger partial charge in [0.25, 0.3) is 0 Å². The molecule has 0 unspecified atom stereocenters. The van der Waals surface area contributed by atoms with Crippen LogP contribution in [0.1, 0.15) is 28.3 Å². The van der Waals surface area contributed by atoms with Crippen LogP contribution in [-0.4, -0.2) is 31.4 Å². The Labute approximate surface area is 178 Å². The summed E-state index contributed by atoms with van der Waals surface area (Å²) in [5, 5.41) is 3.00. The zero-order valence-corrected chi connectivity index (χ0v) is 18.0. The van der Waals surface area contributed by atoms with Gasteiger partial charge in [-0.1, -0.05) is 90.5 Å². The summed E-state index contributed by atoms with van der Waals surface area (Å²) < 4.78 is 25.8. The number of rotatable bonds is 8. The molecule has 1 N–H and O–H groups in total. The average Bonchev–Trinajstić information content (AvgIpc) is 2.73. The van der Waals surface area contributed by atoms with Crippen molar-refractivity contribution in [2.75, 3.05) is 12.8 Å². The van der Waals surface area contributed by atoms with Crippen molar-refractivity contribution in [2.45, 2.75) is 19.5 Å². The molecule has 0 fully saturated rings. The van der Waals surface area contributed by atoms with Crippen molar-refractivity contribution in [2.24, 2.45) is 0 Å². The molecule has 0 heterocycles. The molecule has 0 radical (unpaired) electrons. The fraction of sp³-hybridized carbons (Fsp3) is 0.208. The van der Waals surface area contributed by atoms with E-state index in [1.807, 2.05) is 91.9 Å². The highest BCUT2D eigenvalue weighted by Crippen LogP contribution is 2.22. The van der Waals surface area contributed by atoms with Crippen LogP contribution in [0.5, 0.6) is 0 Å². The first kappa shape index (κ1) is 21.7. The molecule has 5 nitrogen and oxygen atoms in total. The monoisotopic (exact) mass is 422 g/mol. The van der Waals surface area contributed by atoms with Gasteiger partial charge in [0.15, 0.2) is 0 Å². The van der Waals surface area contributed by atoms with Crippen LogP contribution in [-0.2, 0) is 21.4 Å². The average molecular weight is 423 g/mol. The first-order valence-corrected chi connectivity index (χ1v) is 11.6. The lowest BCUT2D eigenvalue weighted by atomic mass is 9.99. The summed E-state index contributed by atoms with van der Waals surface area (Å²) in [4.78, 5) is 12.9. The molecule has 0 aliphatic rings. The zero-order valence-electron chi connectivity index (χ0n) is 17.2. The van der Waals surface area contributed by atoms with E-state index in [2.05, 4.69) is 5.32 Å². The highest BCUT2D eigenvalue weighted by Gasteiger charge is 2.23. The Kier molecular flexibility index (Phi) is 7.03. The summed E-state index contributed by atoms with van der Waals surface area (Å²) in [5.74, 6) is -0.356. The smallest absolute Gasteiger partial charge is 0.236 e. The molecule has 1 amide bonds. The molecule has 0 spiro atoms. The molecule has 0 bridgehead atoms. The molecular weight excluding hydrogens is 396 g/mol. The second kappa shape index (κ2) is 9.69.